The van der Waals surface area contributed by atoms with Crippen LogP contribution in [0, 0.1) is 12.3 Å². The van der Waals surface area contributed by atoms with Crippen molar-refractivity contribution in [3.63, 3.8) is 0 Å². The third-order valence-corrected chi connectivity index (χ3v) is 1.51. The Balaban J connectivity index is 1.88. The van der Waals surface area contributed by atoms with Crippen LogP contribution in [-0.4, -0.2) is 38.6 Å². The molecule has 0 radical (unpaired) electrons. The zero-order chi connectivity index (χ0) is 8.81. The first kappa shape index (κ1) is 9.53. The van der Waals surface area contributed by atoms with E-state index in [2.05, 4.69) is 5.92 Å². The van der Waals surface area contributed by atoms with Crippen molar-refractivity contribution in [2.24, 2.45) is 0 Å². The number of rotatable bonds is 6. The van der Waals surface area contributed by atoms with Gasteiger partial charge in [0.05, 0.1) is 25.9 Å². The predicted octanol–water partition coefficient (Wildman–Crippen LogP) is 0.440. The Hall–Kier alpha value is -0.560. The summed E-state index contributed by atoms with van der Waals surface area (Å²) in [6, 6.07) is 0. The molecule has 0 saturated carbocycles. The zero-order valence-electron chi connectivity index (χ0n) is 7.29. The van der Waals surface area contributed by atoms with Crippen LogP contribution in [0.5, 0.6) is 0 Å². The number of terminal acetylenes is 1. The van der Waals surface area contributed by atoms with E-state index in [1.165, 1.54) is 0 Å². The summed E-state index contributed by atoms with van der Waals surface area (Å²) in [5.41, 5.74) is 0. The number of hydrogen-bond donors (Lipinski definition) is 0. The highest BCUT2D eigenvalue weighted by Crippen LogP contribution is 2.09. The van der Waals surface area contributed by atoms with Gasteiger partial charge in [-0.15, -0.1) is 6.42 Å². The highest BCUT2D eigenvalue weighted by Gasteiger charge is 2.23. The molecule has 1 aliphatic heterocycles. The fraction of sp³-hybridized carbons (Fsp3) is 0.778. The molecule has 1 aliphatic rings. The van der Waals surface area contributed by atoms with E-state index < -0.39 is 0 Å². The van der Waals surface area contributed by atoms with Gasteiger partial charge in [0, 0.05) is 0 Å². The third-order valence-electron chi connectivity index (χ3n) is 1.51. The molecule has 1 fully saturated rings. The van der Waals surface area contributed by atoms with Gasteiger partial charge in [-0.3, -0.25) is 0 Å². The van der Waals surface area contributed by atoms with Crippen molar-refractivity contribution in [2.45, 2.75) is 19.1 Å². The van der Waals surface area contributed by atoms with Gasteiger partial charge in [-0.2, -0.15) is 0 Å². The molecule has 0 aromatic rings. The first-order chi connectivity index (χ1) is 5.83. The molecule has 1 saturated heterocycles. The summed E-state index contributed by atoms with van der Waals surface area (Å²) >= 11 is 0. The van der Waals surface area contributed by atoms with Gasteiger partial charge in [-0.25, -0.2) is 0 Å². The summed E-state index contributed by atoms with van der Waals surface area (Å²) in [4.78, 5) is 0. The van der Waals surface area contributed by atoms with Crippen molar-refractivity contribution >= 4 is 0 Å². The van der Waals surface area contributed by atoms with Crippen LogP contribution >= 0.6 is 0 Å². The minimum Gasteiger partial charge on any atom is -0.373 e. The minimum absolute atomic E-state index is 0.0996. The molecular weight excluding hydrogens is 156 g/mol. The average molecular weight is 170 g/mol. The molecule has 0 aromatic carbocycles. The highest BCUT2D eigenvalue weighted by atomic mass is 16.6. The average Bonchev–Trinajstić information content (AvgIpc) is 2.84. The van der Waals surface area contributed by atoms with E-state index in [-0.39, 0.29) is 6.10 Å². The zero-order valence-corrected chi connectivity index (χ0v) is 7.29. The lowest BCUT2D eigenvalue weighted by atomic mass is 10.4. The van der Waals surface area contributed by atoms with Gasteiger partial charge in [0.2, 0.25) is 0 Å². The normalized spacial score (nSPS) is 23.2. The monoisotopic (exact) mass is 170 g/mol. The number of hydrogen-bond acceptors (Lipinski definition) is 3. The fourth-order valence-electron chi connectivity index (χ4n) is 0.768. The number of ether oxygens (including phenoxy) is 3. The van der Waals surface area contributed by atoms with E-state index in [0.717, 1.165) is 6.61 Å². The summed E-state index contributed by atoms with van der Waals surface area (Å²) in [5, 5.41) is 0. The smallest absolute Gasteiger partial charge is 0.107 e. The van der Waals surface area contributed by atoms with Crippen molar-refractivity contribution in [3.05, 3.63) is 0 Å². The second-order valence-corrected chi connectivity index (χ2v) is 2.82. The van der Waals surface area contributed by atoms with Crippen molar-refractivity contribution in [2.75, 3.05) is 26.4 Å². The molecule has 12 heavy (non-hydrogen) atoms. The summed E-state index contributed by atoms with van der Waals surface area (Å²) in [7, 11) is 0. The van der Waals surface area contributed by atoms with E-state index in [1.54, 1.807) is 0 Å². The predicted molar refractivity (Wildman–Crippen MR) is 44.8 cm³/mol. The Labute approximate surface area is 73.0 Å². The van der Waals surface area contributed by atoms with Gasteiger partial charge in [0.15, 0.2) is 0 Å². The van der Waals surface area contributed by atoms with E-state index in [9.17, 15) is 0 Å². The maximum atomic E-state index is 5.39. The quantitative estimate of drug-likeness (QED) is 0.329. The number of epoxide rings is 1. The molecular formula is C9H14O3. The van der Waals surface area contributed by atoms with E-state index >= 15 is 0 Å². The van der Waals surface area contributed by atoms with Gasteiger partial charge in [-0.1, -0.05) is 5.92 Å². The maximum absolute atomic E-state index is 5.39. The van der Waals surface area contributed by atoms with Crippen LogP contribution in [0.1, 0.15) is 6.92 Å². The Morgan fingerprint density at radius 1 is 1.75 bits per heavy atom. The van der Waals surface area contributed by atoms with Crippen molar-refractivity contribution in [1.29, 1.82) is 0 Å². The van der Waals surface area contributed by atoms with Crippen LogP contribution < -0.4 is 0 Å². The van der Waals surface area contributed by atoms with Crippen LogP contribution in [0.4, 0.5) is 0 Å². The lowest BCUT2D eigenvalue weighted by Gasteiger charge is -2.10. The van der Waals surface area contributed by atoms with Crippen molar-refractivity contribution in [1.82, 2.24) is 0 Å². The molecule has 1 heterocycles. The minimum atomic E-state index is 0.0996. The van der Waals surface area contributed by atoms with E-state index in [0.29, 0.717) is 25.9 Å². The molecule has 3 nitrogen and oxygen atoms in total. The maximum Gasteiger partial charge on any atom is 0.107 e. The van der Waals surface area contributed by atoms with Crippen LogP contribution in [0.25, 0.3) is 0 Å². The molecule has 0 spiro atoms. The van der Waals surface area contributed by atoms with Crippen molar-refractivity contribution < 1.29 is 14.2 Å². The third kappa shape index (κ3) is 4.35. The first-order valence-electron chi connectivity index (χ1n) is 4.07. The standard InChI is InChI=1S/C9H14O3/c1-3-4-10-5-8(2)11-6-9-7-12-9/h1,8-9H,4-7H2,2H3. The van der Waals surface area contributed by atoms with Gasteiger partial charge in [-0.05, 0) is 6.92 Å². The highest BCUT2D eigenvalue weighted by molar-refractivity contribution is 4.82. The van der Waals surface area contributed by atoms with E-state index in [4.69, 9.17) is 20.6 Å². The van der Waals surface area contributed by atoms with Crippen molar-refractivity contribution in [3.8, 4) is 12.3 Å². The lowest BCUT2D eigenvalue weighted by Crippen LogP contribution is -2.18. The van der Waals surface area contributed by atoms with Crippen LogP contribution in [0.2, 0.25) is 0 Å². The molecule has 0 N–H and O–H groups in total. The molecule has 0 aromatic heterocycles. The SMILES string of the molecule is C#CCOCC(C)OCC1CO1. The second-order valence-electron chi connectivity index (χ2n) is 2.82. The van der Waals surface area contributed by atoms with Gasteiger partial charge in [0.1, 0.15) is 12.7 Å². The summed E-state index contributed by atoms with van der Waals surface area (Å²) in [6.45, 7) is 4.36. The molecule has 1 rings (SSSR count). The van der Waals surface area contributed by atoms with E-state index in [1.807, 2.05) is 6.92 Å². The van der Waals surface area contributed by atoms with Gasteiger partial charge in [0.25, 0.3) is 0 Å². The molecule has 2 atom stereocenters. The van der Waals surface area contributed by atoms with Gasteiger partial charge < -0.3 is 14.2 Å². The Morgan fingerprint density at radius 2 is 2.50 bits per heavy atom. The molecule has 3 heteroatoms. The summed E-state index contributed by atoms with van der Waals surface area (Å²) < 4.78 is 15.5. The molecule has 0 aliphatic carbocycles. The molecule has 0 amide bonds. The first-order valence-corrected chi connectivity index (χ1v) is 4.07. The molecule has 0 bridgehead atoms. The van der Waals surface area contributed by atoms with Gasteiger partial charge >= 0.3 is 0 Å². The summed E-state index contributed by atoms with van der Waals surface area (Å²) in [6.07, 6.45) is 5.43. The topological polar surface area (TPSA) is 31.0 Å². The van der Waals surface area contributed by atoms with Crippen LogP contribution in [0.3, 0.4) is 0 Å². The van der Waals surface area contributed by atoms with Crippen LogP contribution in [0.15, 0.2) is 0 Å². The molecule has 2 unspecified atom stereocenters. The fourth-order valence-corrected chi connectivity index (χ4v) is 0.768. The van der Waals surface area contributed by atoms with Crippen LogP contribution in [-0.2, 0) is 14.2 Å². The Morgan fingerprint density at radius 3 is 3.08 bits per heavy atom. The largest absolute Gasteiger partial charge is 0.373 e. The summed E-state index contributed by atoms with van der Waals surface area (Å²) in [5.74, 6) is 2.40. The molecule has 68 valence electrons. The lowest BCUT2D eigenvalue weighted by molar-refractivity contribution is -0.00389. The Bertz CT molecular complexity index is 158. The Kier molecular flexibility index (Phi) is 4.09. The second kappa shape index (κ2) is 5.15.